The van der Waals surface area contributed by atoms with Gasteiger partial charge < -0.3 is 20.1 Å². The van der Waals surface area contributed by atoms with Gasteiger partial charge in [0.1, 0.15) is 0 Å². The molecule has 0 aromatic rings. The minimum Gasteiger partial charge on any atom is -0.481 e. The molecule has 0 aliphatic rings. The van der Waals surface area contributed by atoms with Crippen LogP contribution in [0.3, 0.4) is 0 Å². The van der Waals surface area contributed by atoms with Crippen molar-refractivity contribution < 1.29 is 29.6 Å². The molecule has 0 saturated carbocycles. The highest BCUT2D eigenvalue weighted by Crippen LogP contribution is 2.24. The van der Waals surface area contributed by atoms with E-state index in [0.29, 0.717) is 38.8 Å². The van der Waals surface area contributed by atoms with Gasteiger partial charge in [0.2, 0.25) is 0 Å². The Kier molecular flexibility index (Phi) is 21.6. The summed E-state index contributed by atoms with van der Waals surface area (Å²) in [5.74, 6) is -0.691. The van der Waals surface area contributed by atoms with E-state index in [1.165, 1.54) is 0 Å². The quantitative estimate of drug-likeness (QED) is 0.0682. The van der Waals surface area contributed by atoms with E-state index in [9.17, 15) is 19.8 Å². The van der Waals surface area contributed by atoms with Crippen molar-refractivity contribution in [3.05, 3.63) is 85.1 Å². The van der Waals surface area contributed by atoms with Crippen molar-refractivity contribution in [3.8, 4) is 0 Å². The van der Waals surface area contributed by atoms with Crippen LogP contribution in [0.4, 0.5) is 0 Å². The first kappa shape index (κ1) is 34.0. The van der Waals surface area contributed by atoms with Crippen molar-refractivity contribution in [2.24, 2.45) is 11.8 Å². The number of allylic oxidation sites excluding steroid dienone is 8. The van der Waals surface area contributed by atoms with Crippen LogP contribution in [0, 0.1) is 11.8 Å². The molecule has 0 fully saturated rings. The van der Waals surface area contributed by atoms with Crippen molar-refractivity contribution >= 4 is 12.4 Å². The highest BCUT2D eigenvalue weighted by Gasteiger charge is 2.17. The maximum Gasteiger partial charge on any atom is 0.303 e. The molecule has 6 heteroatoms. The predicted octanol–water partition coefficient (Wildman–Crippen LogP) is 6.25. The number of carbonyl (C=O) groups is 2. The van der Waals surface area contributed by atoms with E-state index in [-0.39, 0.29) is 18.3 Å². The zero-order valence-electron chi connectivity index (χ0n) is 22.5. The maximum absolute atomic E-state index is 10.8. The summed E-state index contributed by atoms with van der Waals surface area (Å²) < 4.78 is 4.76. The van der Waals surface area contributed by atoms with Gasteiger partial charge in [0, 0.05) is 18.8 Å². The van der Waals surface area contributed by atoms with Gasteiger partial charge in [-0.05, 0) is 44.4 Å². The first-order chi connectivity index (χ1) is 17.8. The second-order valence-electron chi connectivity index (χ2n) is 8.95. The number of carbonyl (C=O) groups excluding carboxylic acids is 1. The summed E-state index contributed by atoms with van der Waals surface area (Å²) >= 11 is 0. The lowest BCUT2D eigenvalue weighted by Crippen LogP contribution is -2.19. The summed E-state index contributed by atoms with van der Waals surface area (Å²) in [6.45, 7) is 8.99. The summed E-state index contributed by atoms with van der Waals surface area (Å²) in [5, 5.41) is 29.4. The molecule has 0 rings (SSSR count). The van der Waals surface area contributed by atoms with Crippen LogP contribution in [0.2, 0.25) is 0 Å². The van der Waals surface area contributed by atoms with E-state index in [4.69, 9.17) is 9.84 Å². The molecular weight excluding hydrogens is 468 g/mol. The summed E-state index contributed by atoms with van der Waals surface area (Å²) in [4.78, 5) is 21.0. The number of aliphatic hydroxyl groups is 2. The maximum atomic E-state index is 10.8. The number of carboxylic acid groups (broad SMARTS) is 1. The van der Waals surface area contributed by atoms with Crippen molar-refractivity contribution in [2.75, 3.05) is 6.61 Å². The number of ether oxygens (including phenoxy) is 1. The topological polar surface area (TPSA) is 104 Å². The van der Waals surface area contributed by atoms with Crippen LogP contribution >= 0.6 is 0 Å². The molecule has 0 bridgehead atoms. The van der Waals surface area contributed by atoms with E-state index in [1.54, 1.807) is 12.2 Å². The normalized spacial score (nSPS) is 15.9. The van der Waals surface area contributed by atoms with Crippen molar-refractivity contribution in [1.82, 2.24) is 0 Å². The highest BCUT2D eigenvalue weighted by molar-refractivity contribution is 5.66. The molecule has 0 saturated heterocycles. The third kappa shape index (κ3) is 20.9. The standard InChI is InChI=1S/C31H46O6/c1-4-5-11-17-29(33)18-13-9-7-6-8-12-16-28(30(34)19-14-10-15-20-31(35)36)22-21-26(2)27(3)23-24-37-25-32/h5-14,16,18,25-26,28-30,33-34H,3-4,15,17,19-24H2,1-2H3,(H,35,36)/b8-6+,9-7-,11-5-,14-10-,16-12+,18-13+. The number of rotatable bonds is 22. The van der Waals surface area contributed by atoms with Crippen LogP contribution in [-0.2, 0) is 14.3 Å². The van der Waals surface area contributed by atoms with Gasteiger partial charge in [-0.1, -0.05) is 98.9 Å². The van der Waals surface area contributed by atoms with Crippen LogP contribution < -0.4 is 0 Å². The van der Waals surface area contributed by atoms with E-state index in [2.05, 4.69) is 20.4 Å². The summed E-state index contributed by atoms with van der Waals surface area (Å²) in [5.41, 5.74) is 1.01. The van der Waals surface area contributed by atoms with Crippen molar-refractivity contribution in [2.45, 2.75) is 77.4 Å². The monoisotopic (exact) mass is 514 g/mol. The molecule has 0 amide bonds. The van der Waals surface area contributed by atoms with Gasteiger partial charge in [-0.25, -0.2) is 0 Å². The molecule has 206 valence electrons. The van der Waals surface area contributed by atoms with Crippen LogP contribution in [-0.4, -0.2) is 46.6 Å². The summed E-state index contributed by atoms with van der Waals surface area (Å²) in [7, 11) is 0. The lowest BCUT2D eigenvalue weighted by atomic mass is 9.87. The molecule has 0 aromatic heterocycles. The van der Waals surface area contributed by atoms with Crippen LogP contribution in [0.1, 0.15) is 65.2 Å². The lowest BCUT2D eigenvalue weighted by molar-refractivity contribution is -0.137. The zero-order valence-corrected chi connectivity index (χ0v) is 22.5. The van der Waals surface area contributed by atoms with Crippen molar-refractivity contribution in [3.63, 3.8) is 0 Å². The summed E-state index contributed by atoms with van der Waals surface area (Å²) in [6, 6.07) is 0. The molecule has 3 N–H and O–H groups in total. The van der Waals surface area contributed by atoms with E-state index < -0.39 is 18.2 Å². The molecule has 0 heterocycles. The third-order valence-electron chi connectivity index (χ3n) is 5.83. The van der Waals surface area contributed by atoms with Gasteiger partial charge in [-0.15, -0.1) is 0 Å². The number of aliphatic carboxylic acids is 1. The Morgan fingerprint density at radius 2 is 1.54 bits per heavy atom. The zero-order chi connectivity index (χ0) is 27.7. The Morgan fingerprint density at radius 3 is 2.19 bits per heavy atom. The Hall–Kier alpha value is -2.96. The fraction of sp³-hybridized carbons (Fsp3) is 0.484. The predicted molar refractivity (Wildman–Crippen MR) is 151 cm³/mol. The van der Waals surface area contributed by atoms with Gasteiger partial charge >= 0.3 is 5.97 Å². The fourth-order valence-corrected chi connectivity index (χ4v) is 3.42. The lowest BCUT2D eigenvalue weighted by Gasteiger charge is -2.22. The molecule has 0 aliphatic carbocycles. The molecule has 4 atom stereocenters. The third-order valence-corrected chi connectivity index (χ3v) is 5.83. The van der Waals surface area contributed by atoms with Gasteiger partial charge in [-0.2, -0.15) is 0 Å². The van der Waals surface area contributed by atoms with Crippen LogP contribution in [0.5, 0.6) is 0 Å². The first-order valence-corrected chi connectivity index (χ1v) is 13.1. The van der Waals surface area contributed by atoms with E-state index >= 15 is 0 Å². The van der Waals surface area contributed by atoms with Crippen LogP contribution in [0.25, 0.3) is 0 Å². The fourth-order valence-electron chi connectivity index (χ4n) is 3.42. The molecule has 6 nitrogen and oxygen atoms in total. The van der Waals surface area contributed by atoms with Crippen LogP contribution in [0.15, 0.2) is 85.1 Å². The Labute approximate surface area is 223 Å². The average Bonchev–Trinajstić information content (AvgIpc) is 2.86. The number of aliphatic hydroxyl groups excluding tert-OH is 2. The summed E-state index contributed by atoms with van der Waals surface area (Å²) in [6.07, 6.45) is 26.3. The highest BCUT2D eigenvalue weighted by atomic mass is 16.5. The van der Waals surface area contributed by atoms with Gasteiger partial charge in [0.15, 0.2) is 0 Å². The molecular formula is C31H46O6. The minimum atomic E-state index is -0.838. The molecule has 37 heavy (non-hydrogen) atoms. The second kappa shape index (κ2) is 23.4. The van der Waals surface area contributed by atoms with E-state index in [1.807, 2.05) is 60.8 Å². The molecule has 0 spiro atoms. The van der Waals surface area contributed by atoms with Gasteiger partial charge in [-0.3, -0.25) is 9.59 Å². The average molecular weight is 515 g/mol. The number of carboxylic acids is 1. The van der Waals surface area contributed by atoms with Crippen molar-refractivity contribution in [1.29, 1.82) is 0 Å². The number of hydrogen-bond acceptors (Lipinski definition) is 5. The SMILES string of the molecule is C=C(CCOC=O)C(C)CCC(/C=C/C=C/C=C\C=C\C(O)C/C=C\CC)C(O)C/C=C\CCC(=O)O. The Bertz CT molecular complexity index is 803. The molecule has 0 aliphatic heterocycles. The second-order valence-corrected chi connectivity index (χ2v) is 8.95. The molecule has 0 aromatic carbocycles. The van der Waals surface area contributed by atoms with Gasteiger partial charge in [0.05, 0.1) is 18.8 Å². The minimum absolute atomic E-state index is 0.0751. The number of hydrogen-bond donors (Lipinski definition) is 3. The Morgan fingerprint density at radius 1 is 0.892 bits per heavy atom. The van der Waals surface area contributed by atoms with Gasteiger partial charge in [0.25, 0.3) is 6.47 Å². The smallest absolute Gasteiger partial charge is 0.303 e. The first-order valence-electron chi connectivity index (χ1n) is 13.1. The molecule has 0 radical (unpaired) electrons. The largest absolute Gasteiger partial charge is 0.481 e. The molecule has 4 unspecified atom stereocenters. The Balaban J connectivity index is 4.92. The van der Waals surface area contributed by atoms with E-state index in [0.717, 1.165) is 24.8 Å².